The molecule has 6 heteroatoms. The zero-order valence-electron chi connectivity index (χ0n) is 13.4. The standard InChI is InChI=1S/C16H25ClN2O3/c1-16(2,11-20)8-5-9-18-15(21)19-14-7-4-6-13(17)12(14)10-22-3/h4,6-7,20H,5,8-11H2,1-3H3,(H2,18,19,21). The molecule has 2 amide bonds. The Kier molecular flexibility index (Phi) is 7.65. The number of ether oxygens (including phenoxy) is 1. The molecule has 0 saturated carbocycles. The summed E-state index contributed by atoms with van der Waals surface area (Å²) < 4.78 is 5.10. The van der Waals surface area contributed by atoms with Gasteiger partial charge < -0.3 is 20.5 Å². The SMILES string of the molecule is COCc1c(Cl)cccc1NC(=O)NCCCC(C)(C)CO. The average Bonchev–Trinajstić information content (AvgIpc) is 2.47. The molecule has 0 aliphatic rings. The van der Waals surface area contributed by atoms with Gasteiger partial charge in [0, 0.05) is 36.5 Å². The molecule has 1 rings (SSSR count). The van der Waals surface area contributed by atoms with Crippen LogP contribution < -0.4 is 10.6 Å². The van der Waals surface area contributed by atoms with E-state index in [1.54, 1.807) is 25.3 Å². The van der Waals surface area contributed by atoms with Crippen LogP contribution >= 0.6 is 11.6 Å². The molecule has 0 aliphatic carbocycles. The van der Waals surface area contributed by atoms with Crippen molar-refractivity contribution in [2.45, 2.75) is 33.3 Å². The highest BCUT2D eigenvalue weighted by molar-refractivity contribution is 6.31. The van der Waals surface area contributed by atoms with Crippen molar-refractivity contribution < 1.29 is 14.6 Å². The van der Waals surface area contributed by atoms with Crippen molar-refractivity contribution in [1.29, 1.82) is 0 Å². The number of urea groups is 1. The lowest BCUT2D eigenvalue weighted by Gasteiger charge is -2.21. The number of carbonyl (C=O) groups is 1. The van der Waals surface area contributed by atoms with Crippen LogP contribution in [0.5, 0.6) is 0 Å². The fourth-order valence-electron chi connectivity index (χ4n) is 1.98. The first-order valence-electron chi connectivity index (χ1n) is 7.31. The van der Waals surface area contributed by atoms with E-state index in [9.17, 15) is 9.90 Å². The highest BCUT2D eigenvalue weighted by Crippen LogP contribution is 2.25. The molecule has 3 N–H and O–H groups in total. The average molecular weight is 329 g/mol. The molecule has 0 aliphatic heterocycles. The van der Waals surface area contributed by atoms with E-state index in [2.05, 4.69) is 10.6 Å². The maximum absolute atomic E-state index is 11.9. The van der Waals surface area contributed by atoms with Gasteiger partial charge in [0.1, 0.15) is 0 Å². The number of anilines is 1. The third-order valence-electron chi connectivity index (χ3n) is 3.40. The molecule has 124 valence electrons. The van der Waals surface area contributed by atoms with Gasteiger partial charge in [-0.1, -0.05) is 31.5 Å². The lowest BCUT2D eigenvalue weighted by atomic mass is 9.89. The summed E-state index contributed by atoms with van der Waals surface area (Å²) in [5.74, 6) is 0. The molecular formula is C16H25ClN2O3. The van der Waals surface area contributed by atoms with Crippen molar-refractivity contribution in [3.05, 3.63) is 28.8 Å². The van der Waals surface area contributed by atoms with Gasteiger partial charge in [0.05, 0.1) is 6.61 Å². The topological polar surface area (TPSA) is 70.6 Å². The maximum Gasteiger partial charge on any atom is 0.319 e. The molecule has 0 heterocycles. The van der Waals surface area contributed by atoms with Crippen LogP contribution in [-0.4, -0.2) is 31.4 Å². The van der Waals surface area contributed by atoms with Crippen LogP contribution in [0.1, 0.15) is 32.3 Å². The zero-order chi connectivity index (χ0) is 16.6. The summed E-state index contributed by atoms with van der Waals surface area (Å²) in [6.07, 6.45) is 1.65. The minimum atomic E-state index is -0.276. The number of benzene rings is 1. The highest BCUT2D eigenvalue weighted by Gasteiger charge is 2.15. The number of carbonyl (C=O) groups excluding carboxylic acids is 1. The van der Waals surface area contributed by atoms with Crippen LogP contribution in [0.15, 0.2) is 18.2 Å². The van der Waals surface area contributed by atoms with E-state index < -0.39 is 0 Å². The largest absolute Gasteiger partial charge is 0.396 e. The third-order valence-corrected chi connectivity index (χ3v) is 3.75. The smallest absolute Gasteiger partial charge is 0.319 e. The number of halogens is 1. The molecule has 0 spiro atoms. The molecule has 0 saturated heterocycles. The minimum Gasteiger partial charge on any atom is -0.396 e. The molecule has 0 unspecified atom stereocenters. The number of hydrogen-bond donors (Lipinski definition) is 3. The molecule has 0 fully saturated rings. The maximum atomic E-state index is 11.9. The highest BCUT2D eigenvalue weighted by atomic mass is 35.5. The first kappa shape index (κ1) is 18.7. The van der Waals surface area contributed by atoms with Crippen LogP contribution in [-0.2, 0) is 11.3 Å². The Balaban J connectivity index is 2.47. The van der Waals surface area contributed by atoms with Crippen molar-refractivity contribution in [2.24, 2.45) is 5.41 Å². The van der Waals surface area contributed by atoms with Gasteiger partial charge >= 0.3 is 6.03 Å². The molecule has 0 atom stereocenters. The van der Waals surface area contributed by atoms with Gasteiger partial charge in [0.2, 0.25) is 0 Å². The third kappa shape index (κ3) is 6.22. The van der Waals surface area contributed by atoms with Crippen LogP contribution in [0.25, 0.3) is 0 Å². The van der Waals surface area contributed by atoms with Crippen molar-refractivity contribution >= 4 is 23.3 Å². The number of amides is 2. The number of methoxy groups -OCH3 is 1. The minimum absolute atomic E-state index is 0.114. The number of nitrogens with one attached hydrogen (secondary N) is 2. The lowest BCUT2D eigenvalue weighted by molar-refractivity contribution is 0.148. The fourth-order valence-corrected chi connectivity index (χ4v) is 2.21. The first-order chi connectivity index (χ1) is 10.4. The predicted molar refractivity (Wildman–Crippen MR) is 89.3 cm³/mol. The summed E-state index contributed by atoms with van der Waals surface area (Å²) in [5, 5.41) is 15.3. The normalized spacial score (nSPS) is 11.3. The Hall–Kier alpha value is -1.30. The Morgan fingerprint density at radius 3 is 2.77 bits per heavy atom. The summed E-state index contributed by atoms with van der Waals surface area (Å²) in [6.45, 7) is 5.02. The van der Waals surface area contributed by atoms with Crippen molar-refractivity contribution in [1.82, 2.24) is 5.32 Å². The second-order valence-corrected chi connectivity index (χ2v) is 6.41. The van der Waals surface area contributed by atoms with E-state index in [0.717, 1.165) is 18.4 Å². The van der Waals surface area contributed by atoms with Gasteiger partial charge in [-0.3, -0.25) is 0 Å². The molecule has 1 aromatic carbocycles. The van der Waals surface area contributed by atoms with Crippen LogP contribution in [0, 0.1) is 5.41 Å². The quantitative estimate of drug-likeness (QED) is 0.640. The van der Waals surface area contributed by atoms with E-state index in [-0.39, 0.29) is 18.1 Å². The molecule has 0 aromatic heterocycles. The summed E-state index contributed by atoms with van der Waals surface area (Å²) in [4.78, 5) is 11.9. The molecule has 5 nitrogen and oxygen atoms in total. The van der Waals surface area contributed by atoms with Crippen LogP contribution in [0.3, 0.4) is 0 Å². The van der Waals surface area contributed by atoms with Gasteiger partial charge in [-0.15, -0.1) is 0 Å². The molecule has 1 aromatic rings. The van der Waals surface area contributed by atoms with Crippen molar-refractivity contribution in [3.63, 3.8) is 0 Å². The monoisotopic (exact) mass is 328 g/mol. The van der Waals surface area contributed by atoms with E-state index >= 15 is 0 Å². The molecule has 0 bridgehead atoms. The summed E-state index contributed by atoms with van der Waals surface area (Å²) in [7, 11) is 1.58. The van der Waals surface area contributed by atoms with Gasteiger partial charge in [0.15, 0.2) is 0 Å². The van der Waals surface area contributed by atoms with Gasteiger partial charge in [-0.2, -0.15) is 0 Å². The number of hydrogen-bond acceptors (Lipinski definition) is 3. The van der Waals surface area contributed by atoms with Crippen LogP contribution in [0.4, 0.5) is 10.5 Å². The van der Waals surface area contributed by atoms with E-state index in [1.165, 1.54) is 0 Å². The summed E-state index contributed by atoms with van der Waals surface area (Å²) in [5.41, 5.74) is 1.28. The van der Waals surface area contributed by atoms with Crippen molar-refractivity contribution in [3.8, 4) is 0 Å². The lowest BCUT2D eigenvalue weighted by Crippen LogP contribution is -2.31. The van der Waals surface area contributed by atoms with Gasteiger partial charge in [-0.25, -0.2) is 4.79 Å². The first-order valence-corrected chi connectivity index (χ1v) is 7.69. The Bertz CT molecular complexity index is 492. The second-order valence-electron chi connectivity index (χ2n) is 6.01. The van der Waals surface area contributed by atoms with E-state index in [0.29, 0.717) is 23.9 Å². The van der Waals surface area contributed by atoms with Gasteiger partial charge in [0.25, 0.3) is 0 Å². The Morgan fingerprint density at radius 1 is 1.41 bits per heavy atom. The Labute approximate surface area is 137 Å². The van der Waals surface area contributed by atoms with E-state index in [4.69, 9.17) is 16.3 Å². The van der Waals surface area contributed by atoms with Crippen molar-refractivity contribution in [2.75, 3.05) is 25.6 Å². The number of aliphatic hydroxyl groups is 1. The van der Waals surface area contributed by atoms with Crippen LogP contribution in [0.2, 0.25) is 5.02 Å². The molecule has 0 radical (unpaired) electrons. The summed E-state index contributed by atoms with van der Waals surface area (Å²) >= 11 is 6.11. The zero-order valence-corrected chi connectivity index (χ0v) is 14.2. The predicted octanol–water partition coefficient (Wildman–Crippen LogP) is 3.41. The number of aliphatic hydroxyl groups excluding tert-OH is 1. The van der Waals surface area contributed by atoms with E-state index in [1.807, 2.05) is 13.8 Å². The second kappa shape index (κ2) is 8.98. The van der Waals surface area contributed by atoms with Gasteiger partial charge in [-0.05, 0) is 30.4 Å². The molecule has 22 heavy (non-hydrogen) atoms. The molecular weight excluding hydrogens is 304 g/mol. The summed E-state index contributed by atoms with van der Waals surface area (Å²) in [6, 6.07) is 5.05. The Morgan fingerprint density at radius 2 is 2.14 bits per heavy atom. The number of rotatable bonds is 8. The fraction of sp³-hybridized carbons (Fsp3) is 0.562.